The van der Waals surface area contributed by atoms with Gasteiger partial charge in [-0.05, 0) is 39.5 Å². The summed E-state index contributed by atoms with van der Waals surface area (Å²) in [7, 11) is 0. The molecular weight excluding hydrogens is 220 g/mol. The van der Waals surface area contributed by atoms with E-state index in [4.69, 9.17) is 4.74 Å². The third-order valence-electron chi connectivity index (χ3n) is 4.37. The van der Waals surface area contributed by atoms with Gasteiger partial charge in [0.1, 0.15) is 12.2 Å². The van der Waals surface area contributed by atoms with Crippen molar-refractivity contribution in [3.8, 4) is 0 Å². The van der Waals surface area contributed by atoms with Crippen molar-refractivity contribution in [1.82, 2.24) is 0 Å². The lowest BCUT2D eigenvalue weighted by molar-refractivity contribution is 0.407. The smallest absolute Gasteiger partial charge is 0.110 e. The minimum atomic E-state index is 0.365. The van der Waals surface area contributed by atoms with Crippen molar-refractivity contribution in [1.29, 1.82) is 0 Å². The van der Waals surface area contributed by atoms with Gasteiger partial charge in [0, 0.05) is 0 Å². The number of hydrogen-bond donors (Lipinski definition) is 0. The molecule has 0 amide bonds. The Kier molecular flexibility index (Phi) is 1.48. The maximum atomic E-state index is 5.69. The van der Waals surface area contributed by atoms with Crippen LogP contribution in [-0.2, 0) is 11.2 Å². The van der Waals surface area contributed by atoms with Gasteiger partial charge in [0.15, 0.2) is 0 Å². The monoisotopic (exact) mass is 232 g/mol. The molecule has 86 valence electrons. The molecule has 0 aromatic heterocycles. The fourth-order valence-corrected chi connectivity index (χ4v) is 3.43. The number of epoxide rings is 1. The lowest BCUT2D eigenvalue weighted by atomic mass is 9.97. The third kappa shape index (κ3) is 1.01. The normalized spacial score (nSPS) is 27.1. The topological polar surface area (TPSA) is 12.5 Å². The third-order valence-corrected chi connectivity index (χ3v) is 4.37. The molecular formula is C17H12O. The highest BCUT2D eigenvalue weighted by atomic mass is 16.6. The van der Waals surface area contributed by atoms with E-state index in [1.165, 1.54) is 33.0 Å². The first kappa shape index (κ1) is 9.12. The maximum Gasteiger partial charge on any atom is 0.110 e. The first-order valence-electron chi connectivity index (χ1n) is 6.49. The molecule has 0 N–H and O–H groups in total. The van der Waals surface area contributed by atoms with Crippen molar-refractivity contribution in [3.05, 3.63) is 65.3 Å². The van der Waals surface area contributed by atoms with Crippen LogP contribution in [-0.4, -0.2) is 12.2 Å². The van der Waals surface area contributed by atoms with E-state index in [1.54, 1.807) is 0 Å². The highest BCUT2D eigenvalue weighted by Gasteiger charge is 2.45. The van der Waals surface area contributed by atoms with Crippen LogP contribution in [0.5, 0.6) is 0 Å². The van der Waals surface area contributed by atoms with Crippen molar-refractivity contribution >= 4 is 16.3 Å². The fourth-order valence-electron chi connectivity index (χ4n) is 3.43. The molecule has 2 aromatic rings. The van der Waals surface area contributed by atoms with E-state index in [0.717, 1.165) is 6.42 Å². The Morgan fingerprint density at radius 2 is 2.00 bits per heavy atom. The predicted octanol–water partition coefficient (Wildman–Crippen LogP) is 3.49. The molecule has 18 heavy (non-hydrogen) atoms. The zero-order valence-corrected chi connectivity index (χ0v) is 9.89. The minimum absolute atomic E-state index is 0.365. The summed E-state index contributed by atoms with van der Waals surface area (Å²) in [6.45, 7) is 0. The van der Waals surface area contributed by atoms with Crippen LogP contribution in [0.1, 0.15) is 11.1 Å². The van der Waals surface area contributed by atoms with Gasteiger partial charge < -0.3 is 4.74 Å². The number of ether oxygens (including phenoxy) is 1. The molecule has 1 heterocycles. The van der Waals surface area contributed by atoms with Gasteiger partial charge in [0.05, 0.1) is 0 Å². The lowest BCUT2D eigenvalue weighted by Gasteiger charge is -2.06. The quantitative estimate of drug-likeness (QED) is 0.633. The van der Waals surface area contributed by atoms with Gasteiger partial charge in [-0.2, -0.15) is 0 Å². The molecule has 2 aromatic carbocycles. The second-order valence-electron chi connectivity index (χ2n) is 5.31. The second kappa shape index (κ2) is 2.93. The van der Waals surface area contributed by atoms with Gasteiger partial charge >= 0.3 is 0 Å². The Bertz CT molecular complexity index is 751. The van der Waals surface area contributed by atoms with Gasteiger partial charge in [-0.25, -0.2) is 0 Å². The van der Waals surface area contributed by atoms with Crippen LogP contribution in [0, 0.1) is 0 Å². The van der Waals surface area contributed by atoms with Crippen molar-refractivity contribution in [2.45, 2.75) is 18.6 Å². The minimum Gasteiger partial charge on any atom is -0.360 e. The highest BCUT2D eigenvalue weighted by molar-refractivity contribution is 5.96. The van der Waals surface area contributed by atoms with Crippen LogP contribution < -0.4 is 0 Å². The largest absolute Gasteiger partial charge is 0.360 e. The molecule has 0 radical (unpaired) electrons. The van der Waals surface area contributed by atoms with E-state index < -0.39 is 0 Å². The fraction of sp³-hybridized carbons (Fsp3) is 0.176. The summed E-state index contributed by atoms with van der Waals surface area (Å²) in [5.41, 5.74) is 5.80. The molecule has 0 bridgehead atoms. The molecule has 2 atom stereocenters. The van der Waals surface area contributed by atoms with E-state index in [0.29, 0.717) is 12.2 Å². The highest BCUT2D eigenvalue weighted by Crippen LogP contribution is 2.47. The van der Waals surface area contributed by atoms with Gasteiger partial charge in [-0.3, -0.25) is 0 Å². The van der Waals surface area contributed by atoms with Crippen LogP contribution in [0.15, 0.2) is 54.1 Å². The van der Waals surface area contributed by atoms with E-state index >= 15 is 0 Å². The maximum absolute atomic E-state index is 5.69. The average molecular weight is 232 g/mol. The summed E-state index contributed by atoms with van der Waals surface area (Å²) in [6.07, 6.45) is 6.26. The molecule has 1 saturated heterocycles. The molecule has 0 spiro atoms. The first-order valence-corrected chi connectivity index (χ1v) is 6.49. The molecule has 1 aliphatic heterocycles. The molecule has 2 unspecified atom stereocenters. The summed E-state index contributed by atoms with van der Waals surface area (Å²) in [5.74, 6) is 0. The Labute approximate surface area is 105 Å². The van der Waals surface area contributed by atoms with Gasteiger partial charge in [0.25, 0.3) is 0 Å². The summed E-state index contributed by atoms with van der Waals surface area (Å²) in [5, 5.41) is 2.74. The zero-order valence-electron chi connectivity index (χ0n) is 9.89. The number of hydrogen-bond acceptors (Lipinski definition) is 1. The van der Waals surface area contributed by atoms with Gasteiger partial charge in [0.2, 0.25) is 0 Å². The molecule has 1 heteroatoms. The number of benzene rings is 2. The summed E-state index contributed by atoms with van der Waals surface area (Å²) >= 11 is 0. The Balaban J connectivity index is 1.80. The van der Waals surface area contributed by atoms with E-state index in [2.05, 4.69) is 48.6 Å². The summed E-state index contributed by atoms with van der Waals surface area (Å²) in [6, 6.07) is 13.2. The Hall–Kier alpha value is -1.86. The van der Waals surface area contributed by atoms with E-state index in [-0.39, 0.29) is 0 Å². The summed E-state index contributed by atoms with van der Waals surface area (Å²) < 4.78 is 5.69. The standard InChI is InChI=1S/C17H12O/c1-2-4-11-10(3-1)5-6-12-13-7-8-16-17(18-16)15(13)9-14(11)12/h1-8,16-17H,9H2. The van der Waals surface area contributed by atoms with Crippen LogP contribution in [0.3, 0.4) is 0 Å². The van der Waals surface area contributed by atoms with Crippen molar-refractivity contribution in [3.63, 3.8) is 0 Å². The van der Waals surface area contributed by atoms with Crippen LogP contribution in [0.2, 0.25) is 0 Å². The van der Waals surface area contributed by atoms with Crippen molar-refractivity contribution in [2.75, 3.05) is 0 Å². The average Bonchev–Trinajstić information content (AvgIpc) is 3.12. The van der Waals surface area contributed by atoms with Crippen molar-refractivity contribution < 1.29 is 4.74 Å². The van der Waals surface area contributed by atoms with Gasteiger partial charge in [-0.1, -0.05) is 48.6 Å². The predicted molar refractivity (Wildman–Crippen MR) is 72.4 cm³/mol. The van der Waals surface area contributed by atoms with Crippen LogP contribution >= 0.6 is 0 Å². The first-order chi connectivity index (χ1) is 8.92. The zero-order chi connectivity index (χ0) is 11.7. The van der Waals surface area contributed by atoms with E-state index in [9.17, 15) is 0 Å². The summed E-state index contributed by atoms with van der Waals surface area (Å²) in [4.78, 5) is 0. The Morgan fingerprint density at radius 3 is 3.00 bits per heavy atom. The molecule has 5 rings (SSSR count). The van der Waals surface area contributed by atoms with Crippen molar-refractivity contribution in [2.24, 2.45) is 0 Å². The molecule has 3 aliphatic rings. The molecule has 2 aliphatic carbocycles. The number of rotatable bonds is 0. The van der Waals surface area contributed by atoms with E-state index in [1.807, 2.05) is 0 Å². The second-order valence-corrected chi connectivity index (χ2v) is 5.31. The number of allylic oxidation sites excluding steroid dienone is 2. The van der Waals surface area contributed by atoms with Crippen LogP contribution in [0.25, 0.3) is 16.3 Å². The number of fused-ring (bicyclic) bond motifs is 6. The molecule has 0 saturated carbocycles. The van der Waals surface area contributed by atoms with Gasteiger partial charge in [-0.15, -0.1) is 0 Å². The molecule has 1 fully saturated rings. The lowest BCUT2D eigenvalue weighted by Crippen LogP contribution is -2.01. The molecule has 1 nitrogen and oxygen atoms in total. The van der Waals surface area contributed by atoms with Crippen LogP contribution in [0.4, 0.5) is 0 Å². The Morgan fingerprint density at radius 1 is 1.06 bits per heavy atom. The SMILES string of the molecule is C1=CC2OC2C2=C1c1ccc3ccccc3c1C2.